The number of rotatable bonds is 4. The fourth-order valence-corrected chi connectivity index (χ4v) is 3.38. The average Bonchev–Trinajstić information content (AvgIpc) is 3.13. The molecule has 1 unspecified atom stereocenters. The number of hydrogen-bond donors (Lipinski definition) is 1. The van der Waals surface area contributed by atoms with E-state index < -0.39 is 0 Å². The summed E-state index contributed by atoms with van der Waals surface area (Å²) in [5, 5.41) is 4.15. The molecule has 1 atom stereocenters. The largest absolute Gasteiger partial charge is 0.378 e. The molecule has 1 aromatic rings. The van der Waals surface area contributed by atoms with E-state index in [1.54, 1.807) is 0 Å². The minimum Gasteiger partial charge on any atom is -0.378 e. The van der Waals surface area contributed by atoms with Crippen LogP contribution in [0.3, 0.4) is 0 Å². The van der Waals surface area contributed by atoms with Crippen LogP contribution in [0.15, 0.2) is 4.52 Å². The molecule has 112 valence electrons. The van der Waals surface area contributed by atoms with Crippen LogP contribution in [0.5, 0.6) is 0 Å². The Balaban J connectivity index is 1.70. The van der Waals surface area contributed by atoms with Crippen LogP contribution in [0.25, 0.3) is 0 Å². The maximum absolute atomic E-state index is 6.04. The molecule has 2 fully saturated rings. The topological polar surface area (TPSA) is 74.2 Å². The Morgan fingerprint density at radius 1 is 1.30 bits per heavy atom. The predicted octanol–water partition coefficient (Wildman–Crippen LogP) is 2.20. The Morgan fingerprint density at radius 3 is 2.75 bits per heavy atom. The van der Waals surface area contributed by atoms with Crippen molar-refractivity contribution >= 4 is 0 Å². The molecule has 2 N–H and O–H groups in total. The molecule has 0 amide bonds. The van der Waals surface area contributed by atoms with Gasteiger partial charge in [0.25, 0.3) is 0 Å². The monoisotopic (exact) mass is 279 g/mol. The zero-order valence-corrected chi connectivity index (χ0v) is 12.3. The third kappa shape index (κ3) is 2.74. The molecule has 0 spiro atoms. The summed E-state index contributed by atoms with van der Waals surface area (Å²) in [7, 11) is 0. The van der Waals surface area contributed by atoms with Gasteiger partial charge in [0, 0.05) is 19.6 Å². The second-order valence-corrected chi connectivity index (χ2v) is 6.52. The normalized spacial score (nSPS) is 34.5. The van der Waals surface area contributed by atoms with E-state index in [4.69, 9.17) is 15.0 Å². The van der Waals surface area contributed by atoms with Crippen molar-refractivity contribution < 1.29 is 9.26 Å². The van der Waals surface area contributed by atoms with Gasteiger partial charge in [-0.15, -0.1) is 0 Å². The minimum atomic E-state index is -0.0890. The molecule has 0 aromatic carbocycles. The van der Waals surface area contributed by atoms with Crippen molar-refractivity contribution in [2.75, 3.05) is 13.2 Å². The molecule has 2 heterocycles. The van der Waals surface area contributed by atoms with Gasteiger partial charge < -0.3 is 15.0 Å². The van der Waals surface area contributed by atoms with Gasteiger partial charge in [0.05, 0.1) is 11.5 Å². The first kappa shape index (κ1) is 14.0. The maximum Gasteiger partial charge on any atom is 0.234 e. The lowest BCUT2D eigenvalue weighted by Gasteiger charge is -2.35. The van der Waals surface area contributed by atoms with Crippen molar-refractivity contribution in [3.05, 3.63) is 11.7 Å². The van der Waals surface area contributed by atoms with Crippen LogP contribution in [0.2, 0.25) is 0 Å². The molecule has 1 aliphatic carbocycles. The highest BCUT2D eigenvalue weighted by atomic mass is 16.5. The summed E-state index contributed by atoms with van der Waals surface area (Å²) in [5.41, 5.74) is 5.95. The van der Waals surface area contributed by atoms with Crippen LogP contribution in [-0.2, 0) is 16.6 Å². The van der Waals surface area contributed by atoms with E-state index in [2.05, 4.69) is 17.1 Å². The maximum atomic E-state index is 6.04. The quantitative estimate of drug-likeness (QED) is 0.914. The van der Waals surface area contributed by atoms with Gasteiger partial charge in [-0.1, -0.05) is 12.1 Å². The van der Waals surface area contributed by atoms with Gasteiger partial charge in [0.2, 0.25) is 5.89 Å². The van der Waals surface area contributed by atoms with E-state index in [9.17, 15) is 0 Å². The fourth-order valence-electron chi connectivity index (χ4n) is 3.38. The number of ether oxygens (including phenoxy) is 1. The lowest BCUT2D eigenvalue weighted by atomic mass is 9.71. The van der Waals surface area contributed by atoms with Crippen molar-refractivity contribution in [3.63, 3.8) is 0 Å². The van der Waals surface area contributed by atoms with Crippen LogP contribution >= 0.6 is 0 Å². The first-order valence-electron chi connectivity index (χ1n) is 7.86. The van der Waals surface area contributed by atoms with Crippen LogP contribution in [0, 0.1) is 5.92 Å². The van der Waals surface area contributed by atoms with E-state index in [1.807, 2.05) is 0 Å². The molecule has 1 saturated heterocycles. The molecule has 1 saturated carbocycles. The van der Waals surface area contributed by atoms with E-state index >= 15 is 0 Å². The molecule has 3 rings (SSSR count). The molecule has 0 bridgehead atoms. The molecule has 20 heavy (non-hydrogen) atoms. The van der Waals surface area contributed by atoms with Crippen molar-refractivity contribution in [2.24, 2.45) is 11.7 Å². The number of aromatic nitrogens is 2. The second kappa shape index (κ2) is 5.82. The van der Waals surface area contributed by atoms with Crippen molar-refractivity contribution in [1.29, 1.82) is 0 Å². The lowest BCUT2D eigenvalue weighted by molar-refractivity contribution is 0.109. The first-order chi connectivity index (χ1) is 9.72. The molecule has 5 heteroatoms. The van der Waals surface area contributed by atoms with Crippen LogP contribution in [0.1, 0.15) is 57.2 Å². The van der Waals surface area contributed by atoms with Gasteiger partial charge >= 0.3 is 0 Å². The number of nitrogens with zero attached hydrogens (tertiary/aromatic N) is 2. The van der Waals surface area contributed by atoms with Crippen LogP contribution < -0.4 is 5.73 Å². The van der Waals surface area contributed by atoms with Gasteiger partial charge in [-0.25, -0.2) is 0 Å². The standard InChI is InChI=1S/C15H25N3O2/c1-11-4-6-15(10-16,7-5-11)14-17-13(18-20-14)9-12-3-2-8-19-12/h11-12H,2-10,16H2,1H3. The smallest absolute Gasteiger partial charge is 0.234 e. The summed E-state index contributed by atoms with van der Waals surface area (Å²) >= 11 is 0. The molecule has 2 aliphatic rings. The predicted molar refractivity (Wildman–Crippen MR) is 75.3 cm³/mol. The molecule has 0 radical (unpaired) electrons. The highest BCUT2D eigenvalue weighted by molar-refractivity contribution is 5.09. The van der Waals surface area contributed by atoms with Gasteiger partial charge in [-0.2, -0.15) is 4.98 Å². The summed E-state index contributed by atoms with van der Waals surface area (Å²) in [6, 6.07) is 0. The minimum absolute atomic E-state index is 0.0890. The summed E-state index contributed by atoms with van der Waals surface area (Å²) in [5.74, 6) is 2.31. The molecular weight excluding hydrogens is 254 g/mol. The summed E-state index contributed by atoms with van der Waals surface area (Å²) in [6.45, 7) is 3.76. The Kier molecular flexibility index (Phi) is 4.08. The first-order valence-corrected chi connectivity index (χ1v) is 7.86. The Morgan fingerprint density at radius 2 is 2.10 bits per heavy atom. The third-order valence-corrected chi connectivity index (χ3v) is 4.98. The van der Waals surface area contributed by atoms with Gasteiger partial charge in [-0.05, 0) is 44.4 Å². The number of nitrogens with two attached hydrogens (primary N) is 1. The van der Waals surface area contributed by atoms with Gasteiger partial charge in [-0.3, -0.25) is 0 Å². The van der Waals surface area contributed by atoms with E-state index in [0.29, 0.717) is 6.54 Å². The van der Waals surface area contributed by atoms with E-state index in [1.165, 1.54) is 12.8 Å². The zero-order chi connectivity index (χ0) is 14.0. The lowest BCUT2D eigenvalue weighted by Crippen LogP contribution is -2.39. The molecule has 1 aromatic heterocycles. The van der Waals surface area contributed by atoms with Crippen LogP contribution in [0.4, 0.5) is 0 Å². The Labute approximate surface area is 120 Å². The van der Waals surface area contributed by atoms with Gasteiger partial charge in [0.1, 0.15) is 0 Å². The summed E-state index contributed by atoms with van der Waals surface area (Å²) in [4.78, 5) is 4.63. The highest BCUT2D eigenvalue weighted by Gasteiger charge is 2.39. The van der Waals surface area contributed by atoms with Crippen molar-refractivity contribution in [3.8, 4) is 0 Å². The summed E-state index contributed by atoms with van der Waals surface area (Å²) in [6.07, 6.45) is 7.78. The fraction of sp³-hybridized carbons (Fsp3) is 0.867. The van der Waals surface area contributed by atoms with Crippen molar-refractivity contribution in [2.45, 2.75) is 63.4 Å². The second-order valence-electron chi connectivity index (χ2n) is 6.52. The Hall–Kier alpha value is -0.940. The summed E-state index contributed by atoms with van der Waals surface area (Å²) < 4.78 is 11.2. The SMILES string of the molecule is CC1CCC(CN)(c2nc(CC3CCCO3)no2)CC1. The molecule has 5 nitrogen and oxygen atoms in total. The third-order valence-electron chi connectivity index (χ3n) is 4.98. The van der Waals surface area contributed by atoms with E-state index in [0.717, 1.165) is 56.3 Å². The molecular formula is C15H25N3O2. The van der Waals surface area contributed by atoms with Crippen LogP contribution in [-0.4, -0.2) is 29.4 Å². The Bertz CT molecular complexity index is 432. The molecule has 1 aliphatic heterocycles. The van der Waals surface area contributed by atoms with Crippen molar-refractivity contribution in [1.82, 2.24) is 10.1 Å². The van der Waals surface area contributed by atoms with Gasteiger partial charge in [0.15, 0.2) is 5.82 Å². The highest BCUT2D eigenvalue weighted by Crippen LogP contribution is 2.40. The number of hydrogen-bond acceptors (Lipinski definition) is 5. The average molecular weight is 279 g/mol. The zero-order valence-electron chi connectivity index (χ0n) is 12.3. The van der Waals surface area contributed by atoms with E-state index in [-0.39, 0.29) is 11.5 Å².